The van der Waals surface area contributed by atoms with Crippen molar-refractivity contribution in [3.8, 4) is 17.6 Å². The summed E-state index contributed by atoms with van der Waals surface area (Å²) in [6.45, 7) is 2.00. The Bertz CT molecular complexity index is 1280. The van der Waals surface area contributed by atoms with E-state index in [-0.39, 0.29) is 29.7 Å². The fourth-order valence-corrected chi connectivity index (χ4v) is 5.64. The average Bonchev–Trinajstić information content (AvgIpc) is 2.77. The number of likely N-dealkylation sites (N-methyl/N-ethyl adjacent to an activating group) is 1. The van der Waals surface area contributed by atoms with Gasteiger partial charge < -0.3 is 26.2 Å². The minimum atomic E-state index is -2.64. The van der Waals surface area contributed by atoms with Crippen molar-refractivity contribution >= 4 is 23.2 Å². The molecule has 6 N–H and O–H groups in total. The van der Waals surface area contributed by atoms with E-state index < -0.39 is 58.0 Å². The molecule has 4 rings (SSSR count). The van der Waals surface area contributed by atoms with Crippen LogP contribution in [0.1, 0.15) is 42.9 Å². The lowest BCUT2D eigenvalue weighted by molar-refractivity contribution is -0.153. The highest BCUT2D eigenvalue weighted by Crippen LogP contribution is 2.52. The standard InChI is InChI=1S/C26H28N2O7/c1-4-5-6-7-12-8-9-16(29)18-14(12)10-13-11-15-20(28(2)3)22(31)19(25(27)34)24(33)26(15,35)23(32)17(13)21(18)30/h8-9,13,15,20,29-30,33,35H,4-5,10-11H2,1-3H3,(H2,27,34)/t13-,15-,20+,26+/m1/s1. The molecule has 0 spiro atoms. The number of hydrogen-bond acceptors (Lipinski definition) is 8. The van der Waals surface area contributed by atoms with Gasteiger partial charge in [0.1, 0.15) is 22.8 Å². The summed E-state index contributed by atoms with van der Waals surface area (Å²) in [6, 6.07) is 1.91. The van der Waals surface area contributed by atoms with Crippen LogP contribution in [-0.4, -0.2) is 68.5 Å². The molecule has 1 aromatic rings. The molecule has 0 radical (unpaired) electrons. The lowest BCUT2D eigenvalue weighted by Gasteiger charge is -2.50. The van der Waals surface area contributed by atoms with E-state index in [1.165, 1.54) is 11.0 Å². The zero-order valence-corrected chi connectivity index (χ0v) is 19.8. The lowest BCUT2D eigenvalue weighted by Crippen LogP contribution is -2.65. The number of benzene rings is 1. The molecular weight excluding hydrogens is 452 g/mol. The second-order valence-corrected chi connectivity index (χ2v) is 9.50. The third kappa shape index (κ3) is 3.44. The van der Waals surface area contributed by atoms with Gasteiger partial charge >= 0.3 is 0 Å². The van der Waals surface area contributed by atoms with Gasteiger partial charge in [-0.15, -0.1) is 0 Å². The number of nitrogens with zero attached hydrogens (tertiary/aromatic N) is 1. The number of aliphatic hydroxyl groups is 3. The molecule has 0 bridgehead atoms. The van der Waals surface area contributed by atoms with E-state index in [9.17, 15) is 34.8 Å². The van der Waals surface area contributed by atoms with Crippen molar-refractivity contribution in [1.82, 2.24) is 4.90 Å². The van der Waals surface area contributed by atoms with Gasteiger partial charge in [-0.25, -0.2) is 0 Å². The highest BCUT2D eigenvalue weighted by Gasteiger charge is 2.64. The van der Waals surface area contributed by atoms with Crippen molar-refractivity contribution in [1.29, 1.82) is 0 Å². The summed E-state index contributed by atoms with van der Waals surface area (Å²) in [7, 11) is 3.12. The van der Waals surface area contributed by atoms with E-state index in [1.54, 1.807) is 20.2 Å². The number of fused-ring (bicyclic) bond motifs is 3. The smallest absolute Gasteiger partial charge is 0.255 e. The van der Waals surface area contributed by atoms with Crippen LogP contribution in [0, 0.1) is 23.7 Å². The van der Waals surface area contributed by atoms with E-state index in [4.69, 9.17) is 5.73 Å². The summed E-state index contributed by atoms with van der Waals surface area (Å²) in [5.74, 6) is -0.556. The van der Waals surface area contributed by atoms with Crippen molar-refractivity contribution in [2.24, 2.45) is 17.6 Å². The third-order valence-corrected chi connectivity index (χ3v) is 7.20. The van der Waals surface area contributed by atoms with Gasteiger partial charge in [0.2, 0.25) is 5.78 Å². The molecule has 4 atom stereocenters. The van der Waals surface area contributed by atoms with Gasteiger partial charge in [-0.05, 0) is 57.0 Å². The van der Waals surface area contributed by atoms with Crippen LogP contribution in [0.2, 0.25) is 0 Å². The van der Waals surface area contributed by atoms with Crippen LogP contribution in [0.4, 0.5) is 0 Å². The number of amides is 1. The van der Waals surface area contributed by atoms with Gasteiger partial charge in [0, 0.05) is 23.5 Å². The van der Waals surface area contributed by atoms with Gasteiger partial charge in [0.25, 0.3) is 5.91 Å². The fourth-order valence-electron chi connectivity index (χ4n) is 5.64. The zero-order chi connectivity index (χ0) is 25.8. The number of carbonyl (C=O) groups is 3. The number of primary amides is 1. The van der Waals surface area contributed by atoms with Crippen LogP contribution in [0.5, 0.6) is 5.75 Å². The average molecular weight is 481 g/mol. The Labute approximate surface area is 202 Å². The SMILES string of the molecule is CCCC#Cc1ccc(O)c2c1C[C@@H]1C[C@@H]3[C@H](N(C)C)C(=O)C(C(N)=O)=C(O)[C@@]3(O)C(=O)C1=C2O. The molecular formula is C26H28N2O7. The molecule has 1 aromatic carbocycles. The maximum Gasteiger partial charge on any atom is 0.255 e. The predicted octanol–water partition coefficient (Wildman–Crippen LogP) is 1.12. The molecule has 3 aliphatic rings. The maximum absolute atomic E-state index is 13.7. The van der Waals surface area contributed by atoms with Gasteiger partial charge in [-0.2, -0.15) is 0 Å². The minimum absolute atomic E-state index is 0.0449. The number of Topliss-reactive ketones (excluding diaryl/α,β-unsaturated/α-hetero) is 2. The van der Waals surface area contributed by atoms with Gasteiger partial charge in [0.05, 0.1) is 11.6 Å². The van der Waals surface area contributed by atoms with Crippen LogP contribution < -0.4 is 5.73 Å². The Hall–Kier alpha value is -3.61. The molecule has 0 heterocycles. The molecule has 1 saturated carbocycles. The number of phenolic OH excluding ortho intramolecular Hbond substituents is 1. The van der Waals surface area contributed by atoms with E-state index >= 15 is 0 Å². The summed E-state index contributed by atoms with van der Waals surface area (Å²) >= 11 is 0. The largest absolute Gasteiger partial charge is 0.508 e. The van der Waals surface area contributed by atoms with Crippen LogP contribution >= 0.6 is 0 Å². The van der Waals surface area contributed by atoms with E-state index in [0.29, 0.717) is 17.5 Å². The highest BCUT2D eigenvalue weighted by atomic mass is 16.3. The quantitative estimate of drug-likeness (QED) is 0.318. The Balaban J connectivity index is 1.95. The molecule has 9 heteroatoms. The van der Waals surface area contributed by atoms with Gasteiger partial charge in [-0.3, -0.25) is 19.3 Å². The summed E-state index contributed by atoms with van der Waals surface area (Å²) < 4.78 is 0. The Morgan fingerprint density at radius 1 is 1.23 bits per heavy atom. The molecule has 184 valence electrons. The molecule has 0 unspecified atom stereocenters. The lowest BCUT2D eigenvalue weighted by atomic mass is 9.57. The van der Waals surface area contributed by atoms with E-state index in [1.807, 2.05) is 6.92 Å². The fraction of sp³-hybridized carbons (Fsp3) is 0.423. The van der Waals surface area contributed by atoms with Crippen molar-refractivity contribution in [3.63, 3.8) is 0 Å². The van der Waals surface area contributed by atoms with Gasteiger partial charge in [-0.1, -0.05) is 18.8 Å². The number of aliphatic hydroxyl groups excluding tert-OH is 2. The first-order valence-electron chi connectivity index (χ1n) is 11.4. The van der Waals surface area contributed by atoms with Crippen molar-refractivity contribution < 1.29 is 34.8 Å². The van der Waals surface area contributed by atoms with Gasteiger partial charge in [0.15, 0.2) is 11.4 Å². The highest BCUT2D eigenvalue weighted by molar-refractivity contribution is 6.24. The second kappa shape index (κ2) is 8.56. The number of aromatic hydroxyl groups is 1. The first-order chi connectivity index (χ1) is 16.5. The molecule has 0 saturated heterocycles. The number of rotatable bonds is 3. The first-order valence-corrected chi connectivity index (χ1v) is 11.4. The van der Waals surface area contributed by atoms with E-state index in [2.05, 4.69) is 11.8 Å². The first kappa shape index (κ1) is 24.5. The summed E-state index contributed by atoms with van der Waals surface area (Å²) in [6.07, 6.45) is 1.80. The van der Waals surface area contributed by atoms with Crippen molar-refractivity contribution in [2.45, 2.75) is 44.2 Å². The normalized spacial score (nSPS) is 27.7. The monoisotopic (exact) mass is 480 g/mol. The Kier molecular flexibility index (Phi) is 5.99. The molecule has 1 amide bonds. The molecule has 9 nitrogen and oxygen atoms in total. The summed E-state index contributed by atoms with van der Waals surface area (Å²) in [5, 5.41) is 44.1. The molecule has 1 fully saturated rings. The number of unbranched alkanes of at least 4 members (excludes halogenated alkanes) is 1. The molecule has 0 aliphatic heterocycles. The number of ketones is 2. The topological polar surface area (TPSA) is 161 Å². The number of phenols is 1. The number of hydrogen-bond donors (Lipinski definition) is 5. The predicted molar refractivity (Wildman–Crippen MR) is 126 cm³/mol. The van der Waals surface area contributed by atoms with E-state index in [0.717, 1.165) is 6.42 Å². The Morgan fingerprint density at radius 2 is 1.91 bits per heavy atom. The molecule has 3 aliphatic carbocycles. The second-order valence-electron chi connectivity index (χ2n) is 9.50. The number of carbonyl (C=O) groups excluding carboxylic acids is 3. The van der Waals surface area contributed by atoms with Crippen LogP contribution in [0.25, 0.3) is 5.76 Å². The van der Waals surface area contributed by atoms with Crippen LogP contribution in [0.15, 0.2) is 29.0 Å². The van der Waals surface area contributed by atoms with Crippen LogP contribution in [-0.2, 0) is 20.8 Å². The molecule has 0 aromatic heterocycles. The van der Waals surface area contributed by atoms with Crippen molar-refractivity contribution in [3.05, 3.63) is 45.7 Å². The maximum atomic E-state index is 13.7. The van der Waals surface area contributed by atoms with Crippen LogP contribution in [0.3, 0.4) is 0 Å². The Morgan fingerprint density at radius 3 is 2.51 bits per heavy atom. The minimum Gasteiger partial charge on any atom is -0.508 e. The van der Waals surface area contributed by atoms with Crippen molar-refractivity contribution in [2.75, 3.05) is 14.1 Å². The number of nitrogens with two attached hydrogens (primary N) is 1. The third-order valence-electron chi connectivity index (χ3n) is 7.20. The summed E-state index contributed by atoms with van der Waals surface area (Å²) in [4.78, 5) is 40.3. The zero-order valence-electron chi connectivity index (χ0n) is 19.8. The molecule has 35 heavy (non-hydrogen) atoms. The summed E-state index contributed by atoms with van der Waals surface area (Å²) in [5.41, 5.74) is 2.89.